The summed E-state index contributed by atoms with van der Waals surface area (Å²) >= 11 is 0. The van der Waals surface area contributed by atoms with E-state index in [1.807, 2.05) is 0 Å². The van der Waals surface area contributed by atoms with E-state index in [9.17, 15) is 0 Å². The van der Waals surface area contributed by atoms with Crippen LogP contribution in [0.25, 0.3) is 50.5 Å². The molecule has 4 nitrogen and oxygen atoms in total. The molecular weight excluding hydrogens is 1360 g/mol. The quantitative estimate of drug-likeness (QED) is 0.0599. The molecule has 0 saturated carbocycles. The number of aromatic nitrogens is 4. The molecule has 18 aromatic rings. The van der Waals surface area contributed by atoms with Crippen LogP contribution in [0.1, 0.15) is 0 Å². The highest BCUT2D eigenvalue weighted by atomic mass is 28.3. The number of fused-ring (bicyclic) bond motifs is 3. The maximum absolute atomic E-state index is 6.24. The highest BCUT2D eigenvalue weighted by molar-refractivity contribution is 7.23. The Kier molecular flexibility index (Phi) is 17.7. The third-order valence-corrected chi connectivity index (χ3v) is 41.0. The molecule has 8 heteroatoms. The molecular formula is C99H74N4Si4. The summed E-state index contributed by atoms with van der Waals surface area (Å²) < 4.78 is 2.29. The van der Waals surface area contributed by atoms with Crippen LogP contribution in [0.15, 0.2) is 449 Å². The largest absolute Gasteiger partial charge is 0.278 e. The highest BCUT2D eigenvalue weighted by Crippen LogP contribution is 2.33. The average Bonchev–Trinajstić information content (AvgIpc) is 1.38. The standard InChI is InChI=1S/C99H74N4Si4/c1-13-41-77(42-14-1)104(78-43-15-2-16-44-78,79-45-17-3-18-46-79)89-69-75(70-90(73-89)105(80-47-19-4-20-48-80,81-49-21-5-22-50-81)82-51-23-6-24-52-82)97-100-98(102-99(101-97)103-95-67-39-37-65-93(95)94-66-38-40-68-96(94)103)76-71-91(106(83-53-25-7-26-54-83,84-55-27-8-28-56-84)85-57-29-9-30-58-85)74-92(72-76)107(86-59-31-10-32-60-86,87-61-33-11-34-62-87)88-63-35-12-36-64-88/h1-74H. The van der Waals surface area contributed by atoms with Crippen molar-refractivity contribution in [2.75, 3.05) is 0 Å². The maximum atomic E-state index is 6.24. The molecule has 107 heavy (non-hydrogen) atoms. The minimum atomic E-state index is -3.39. The van der Waals surface area contributed by atoms with Gasteiger partial charge in [-0.2, -0.15) is 9.97 Å². The summed E-state index contributed by atoms with van der Waals surface area (Å²) in [6, 6.07) is 169. The van der Waals surface area contributed by atoms with Gasteiger partial charge < -0.3 is 0 Å². The van der Waals surface area contributed by atoms with Gasteiger partial charge in [0.25, 0.3) is 0 Å². The van der Waals surface area contributed by atoms with Gasteiger partial charge in [-0.25, -0.2) is 4.98 Å². The van der Waals surface area contributed by atoms with Crippen LogP contribution in [0.4, 0.5) is 0 Å². The fourth-order valence-corrected chi connectivity index (χ4v) is 37.1. The van der Waals surface area contributed by atoms with Crippen LogP contribution in [0.5, 0.6) is 0 Å². The zero-order valence-electron chi connectivity index (χ0n) is 59.0. The van der Waals surface area contributed by atoms with Crippen molar-refractivity contribution < 1.29 is 0 Å². The van der Waals surface area contributed by atoms with E-state index in [-0.39, 0.29) is 0 Å². The van der Waals surface area contributed by atoms with E-state index >= 15 is 0 Å². The molecule has 0 spiro atoms. The molecule has 0 saturated heterocycles. The van der Waals surface area contributed by atoms with Crippen molar-refractivity contribution in [1.82, 2.24) is 19.5 Å². The first kappa shape index (κ1) is 66.2. The Balaban J connectivity index is 1.04. The SMILES string of the molecule is c1ccc([Si](c2ccccc2)(c2ccccc2)c2cc(-c3nc(-c4cc([Si](c5ccccc5)(c5ccccc5)c5ccccc5)cc([Si](c5ccccc5)(c5ccccc5)c5ccccc5)c4)nc(-n4c5ccccc5c5ccccc54)n3)cc([Si](c3ccccc3)(c3ccccc3)c3ccccc3)c2)cc1. The number of benzene rings is 16. The van der Waals surface area contributed by atoms with Gasteiger partial charge in [-0.3, -0.25) is 4.57 Å². The molecule has 0 N–H and O–H groups in total. The van der Waals surface area contributed by atoms with Gasteiger partial charge in [0.1, 0.15) is 0 Å². The Bertz CT molecular complexity index is 5040. The van der Waals surface area contributed by atoms with Crippen LogP contribution < -0.4 is 83.0 Å². The molecule has 18 rings (SSSR count). The lowest BCUT2D eigenvalue weighted by atomic mass is 10.2. The van der Waals surface area contributed by atoms with Crippen molar-refractivity contribution in [1.29, 1.82) is 0 Å². The van der Waals surface area contributed by atoms with E-state index in [4.69, 9.17) is 15.0 Å². The Morgan fingerprint density at radius 1 is 0.159 bits per heavy atom. The van der Waals surface area contributed by atoms with Crippen molar-refractivity contribution in [3.63, 3.8) is 0 Å². The smallest absolute Gasteiger partial charge is 0.238 e. The van der Waals surface area contributed by atoms with Gasteiger partial charge in [-0.15, -0.1) is 0 Å². The monoisotopic (exact) mass is 1430 g/mol. The molecule has 0 amide bonds. The highest BCUT2D eigenvalue weighted by Gasteiger charge is 2.49. The second-order valence-corrected chi connectivity index (χ2v) is 42.9. The van der Waals surface area contributed by atoms with Crippen LogP contribution in [0.2, 0.25) is 0 Å². The number of para-hydroxylation sites is 2. The molecule has 2 aromatic heterocycles. The lowest BCUT2D eigenvalue weighted by Gasteiger charge is -2.38. The minimum absolute atomic E-state index is 0.520. The zero-order valence-corrected chi connectivity index (χ0v) is 63.0. The van der Waals surface area contributed by atoms with Crippen LogP contribution in [0, 0.1) is 0 Å². The van der Waals surface area contributed by atoms with Gasteiger partial charge in [-0.05, 0) is 95.1 Å². The summed E-state index contributed by atoms with van der Waals surface area (Å²) in [4.78, 5) is 18.4. The Morgan fingerprint density at radius 2 is 0.327 bits per heavy atom. The molecule has 2 heterocycles. The van der Waals surface area contributed by atoms with Crippen LogP contribution in [-0.2, 0) is 0 Å². The zero-order chi connectivity index (χ0) is 71.5. The fraction of sp³-hybridized carbons (Fsp3) is 0. The molecule has 0 unspecified atom stereocenters. The summed E-state index contributed by atoms with van der Waals surface area (Å²) in [5, 5.41) is 22.3. The lowest BCUT2D eigenvalue weighted by Crippen LogP contribution is -2.78. The number of hydrogen-bond acceptors (Lipinski definition) is 3. The third kappa shape index (κ3) is 11.4. The molecule has 0 bridgehead atoms. The van der Waals surface area contributed by atoms with E-state index in [2.05, 4.69) is 453 Å². The summed E-state index contributed by atoms with van der Waals surface area (Å²) in [6.45, 7) is 0. The van der Waals surface area contributed by atoms with Crippen molar-refractivity contribution in [3.8, 4) is 28.7 Å². The van der Waals surface area contributed by atoms with Crippen molar-refractivity contribution in [2.45, 2.75) is 0 Å². The second-order valence-electron chi connectivity index (χ2n) is 27.6. The summed E-state index contributed by atoms with van der Waals surface area (Å²) in [7, 11) is -13.6. The van der Waals surface area contributed by atoms with Crippen LogP contribution in [-0.4, -0.2) is 51.8 Å². The third-order valence-electron chi connectivity index (χ3n) is 22.0. The molecule has 16 aromatic carbocycles. The van der Waals surface area contributed by atoms with Crippen LogP contribution in [0.3, 0.4) is 0 Å². The molecule has 0 aliphatic carbocycles. The van der Waals surface area contributed by atoms with Gasteiger partial charge in [0.2, 0.25) is 5.95 Å². The number of nitrogens with zero attached hydrogens (tertiary/aromatic N) is 4. The van der Waals surface area contributed by atoms with Gasteiger partial charge in [0, 0.05) is 21.9 Å². The second kappa shape index (κ2) is 28.7. The topological polar surface area (TPSA) is 43.6 Å². The average molecular weight is 1430 g/mol. The van der Waals surface area contributed by atoms with E-state index in [1.165, 1.54) is 83.0 Å². The molecule has 0 aliphatic heterocycles. The summed E-state index contributed by atoms with van der Waals surface area (Å²) in [5.74, 6) is 1.64. The van der Waals surface area contributed by atoms with Gasteiger partial charge >= 0.3 is 0 Å². The predicted molar refractivity (Wildman–Crippen MR) is 460 cm³/mol. The fourth-order valence-electron chi connectivity index (χ4n) is 17.5. The molecule has 0 radical (unpaired) electrons. The lowest BCUT2D eigenvalue weighted by molar-refractivity contribution is 0.954. The number of rotatable bonds is 19. The molecule has 0 aliphatic rings. The molecule has 0 fully saturated rings. The Labute approximate surface area is 629 Å². The first-order chi connectivity index (χ1) is 53.1. The van der Waals surface area contributed by atoms with Gasteiger partial charge in [0.15, 0.2) is 43.9 Å². The maximum Gasteiger partial charge on any atom is 0.238 e. The first-order valence-electron chi connectivity index (χ1n) is 36.8. The van der Waals surface area contributed by atoms with Crippen molar-refractivity contribution in [2.24, 2.45) is 0 Å². The molecule has 506 valence electrons. The minimum Gasteiger partial charge on any atom is -0.278 e. The van der Waals surface area contributed by atoms with Crippen molar-refractivity contribution >= 4 is 137 Å². The van der Waals surface area contributed by atoms with Gasteiger partial charge in [-0.1, -0.05) is 437 Å². The summed E-state index contributed by atoms with van der Waals surface area (Å²) in [5.41, 5.74) is 3.78. The van der Waals surface area contributed by atoms with E-state index in [0.29, 0.717) is 17.6 Å². The van der Waals surface area contributed by atoms with Crippen LogP contribution >= 0.6 is 0 Å². The first-order valence-corrected chi connectivity index (χ1v) is 44.8. The normalized spacial score (nSPS) is 11.9. The Hall–Kier alpha value is -12.8. The van der Waals surface area contributed by atoms with Crippen molar-refractivity contribution in [3.05, 3.63) is 449 Å². The Morgan fingerprint density at radius 3 is 0.514 bits per heavy atom. The van der Waals surface area contributed by atoms with E-state index in [1.54, 1.807) is 0 Å². The van der Waals surface area contributed by atoms with Gasteiger partial charge in [0.05, 0.1) is 11.0 Å². The predicted octanol–water partition coefficient (Wildman–Crippen LogP) is 11.8. The van der Waals surface area contributed by atoms with E-state index < -0.39 is 32.3 Å². The van der Waals surface area contributed by atoms with E-state index in [0.717, 1.165) is 32.9 Å². The summed E-state index contributed by atoms with van der Waals surface area (Å²) in [6.07, 6.45) is 0. The number of hydrogen-bond donors (Lipinski definition) is 0. The molecule has 0 atom stereocenters.